The standard InChI is InChI=1S/C15H24FN3O/c1-5-19(6-2)12(4)10-17-15(20)18-14-9-11(3)7-8-13(14)16/h7-9,12H,5-6,10H2,1-4H3,(H2,17,18,20)/t12-/m0/s1. The van der Waals surface area contributed by atoms with E-state index < -0.39 is 5.82 Å². The van der Waals surface area contributed by atoms with Crippen molar-refractivity contribution in [2.24, 2.45) is 0 Å². The first-order chi connectivity index (χ1) is 9.47. The molecule has 4 nitrogen and oxygen atoms in total. The number of anilines is 1. The van der Waals surface area contributed by atoms with Crippen LogP contribution in [0.5, 0.6) is 0 Å². The monoisotopic (exact) mass is 281 g/mol. The Balaban J connectivity index is 2.50. The highest BCUT2D eigenvalue weighted by molar-refractivity contribution is 5.89. The van der Waals surface area contributed by atoms with E-state index in [2.05, 4.69) is 36.3 Å². The Labute approximate surface area is 120 Å². The molecule has 0 radical (unpaired) electrons. The Bertz CT molecular complexity index is 447. The summed E-state index contributed by atoms with van der Waals surface area (Å²) in [6, 6.07) is 4.50. The second-order valence-corrected chi connectivity index (χ2v) is 4.89. The van der Waals surface area contributed by atoms with Crippen molar-refractivity contribution in [3.63, 3.8) is 0 Å². The molecule has 0 aromatic heterocycles. The number of carbonyl (C=O) groups excluding carboxylic acids is 1. The highest BCUT2D eigenvalue weighted by Crippen LogP contribution is 2.15. The zero-order valence-electron chi connectivity index (χ0n) is 12.7. The number of hydrogen-bond acceptors (Lipinski definition) is 2. The van der Waals surface area contributed by atoms with Crippen LogP contribution >= 0.6 is 0 Å². The number of rotatable bonds is 6. The van der Waals surface area contributed by atoms with E-state index in [1.54, 1.807) is 12.1 Å². The van der Waals surface area contributed by atoms with Crippen LogP contribution < -0.4 is 10.6 Å². The predicted octanol–water partition coefficient (Wildman–Crippen LogP) is 2.99. The van der Waals surface area contributed by atoms with Crippen molar-refractivity contribution >= 4 is 11.7 Å². The minimum Gasteiger partial charge on any atom is -0.336 e. The average molecular weight is 281 g/mol. The van der Waals surface area contributed by atoms with Crippen LogP contribution in [0.25, 0.3) is 0 Å². The fourth-order valence-electron chi connectivity index (χ4n) is 2.12. The summed E-state index contributed by atoms with van der Waals surface area (Å²) in [6.45, 7) is 10.5. The molecule has 2 N–H and O–H groups in total. The highest BCUT2D eigenvalue weighted by atomic mass is 19.1. The summed E-state index contributed by atoms with van der Waals surface area (Å²) in [5, 5.41) is 5.31. The molecule has 0 unspecified atom stereocenters. The number of halogens is 1. The summed E-state index contributed by atoms with van der Waals surface area (Å²) in [7, 11) is 0. The first-order valence-corrected chi connectivity index (χ1v) is 7.03. The van der Waals surface area contributed by atoms with Crippen molar-refractivity contribution < 1.29 is 9.18 Å². The second kappa shape index (κ2) is 7.85. The molecule has 0 bridgehead atoms. The zero-order valence-corrected chi connectivity index (χ0v) is 12.7. The van der Waals surface area contributed by atoms with E-state index in [0.717, 1.165) is 18.7 Å². The molecule has 1 aromatic carbocycles. The summed E-state index contributed by atoms with van der Waals surface area (Å²) in [4.78, 5) is 14.0. The number of likely N-dealkylation sites (N-methyl/N-ethyl adjacent to an activating group) is 1. The summed E-state index contributed by atoms with van der Waals surface area (Å²) < 4.78 is 13.5. The minimum atomic E-state index is -0.428. The number of amides is 2. The molecule has 0 aliphatic heterocycles. The summed E-state index contributed by atoms with van der Waals surface area (Å²) in [6.07, 6.45) is 0. The van der Waals surface area contributed by atoms with Crippen molar-refractivity contribution in [1.29, 1.82) is 0 Å². The lowest BCUT2D eigenvalue weighted by Gasteiger charge is -2.26. The van der Waals surface area contributed by atoms with E-state index in [1.807, 2.05) is 6.92 Å². The molecule has 112 valence electrons. The van der Waals surface area contributed by atoms with Gasteiger partial charge in [-0.15, -0.1) is 0 Å². The Morgan fingerprint density at radius 3 is 2.60 bits per heavy atom. The lowest BCUT2D eigenvalue weighted by Crippen LogP contribution is -2.43. The van der Waals surface area contributed by atoms with Gasteiger partial charge in [0.15, 0.2) is 0 Å². The molecule has 2 amide bonds. The molecule has 1 rings (SSSR count). The fraction of sp³-hybridized carbons (Fsp3) is 0.533. The van der Waals surface area contributed by atoms with Gasteiger partial charge < -0.3 is 10.6 Å². The Morgan fingerprint density at radius 2 is 2.00 bits per heavy atom. The van der Waals surface area contributed by atoms with Crippen molar-refractivity contribution in [3.8, 4) is 0 Å². The lowest BCUT2D eigenvalue weighted by atomic mass is 10.2. The van der Waals surface area contributed by atoms with Crippen LogP contribution in [-0.2, 0) is 0 Å². The molecule has 0 heterocycles. The van der Waals surface area contributed by atoms with E-state index in [9.17, 15) is 9.18 Å². The smallest absolute Gasteiger partial charge is 0.319 e. The van der Waals surface area contributed by atoms with Crippen LogP contribution in [0.15, 0.2) is 18.2 Å². The SMILES string of the molecule is CCN(CC)[C@@H](C)CNC(=O)Nc1cc(C)ccc1F. The summed E-state index contributed by atoms with van der Waals surface area (Å²) in [5.74, 6) is -0.428. The van der Waals surface area contributed by atoms with Gasteiger partial charge in [-0.1, -0.05) is 19.9 Å². The number of nitrogens with one attached hydrogen (secondary N) is 2. The van der Waals surface area contributed by atoms with Gasteiger partial charge in [-0.25, -0.2) is 9.18 Å². The quantitative estimate of drug-likeness (QED) is 0.842. The van der Waals surface area contributed by atoms with Gasteiger partial charge in [0, 0.05) is 12.6 Å². The van der Waals surface area contributed by atoms with Crippen molar-refractivity contribution in [3.05, 3.63) is 29.6 Å². The molecule has 0 spiro atoms. The molecule has 1 atom stereocenters. The largest absolute Gasteiger partial charge is 0.336 e. The maximum absolute atomic E-state index is 13.5. The normalized spacial score (nSPS) is 12.3. The van der Waals surface area contributed by atoms with Gasteiger partial charge in [0.2, 0.25) is 0 Å². The summed E-state index contributed by atoms with van der Waals surface area (Å²) in [5.41, 5.74) is 1.11. The number of benzene rings is 1. The topological polar surface area (TPSA) is 44.4 Å². The molecular formula is C15H24FN3O. The van der Waals surface area contributed by atoms with Gasteiger partial charge in [-0.05, 0) is 44.6 Å². The average Bonchev–Trinajstić information content (AvgIpc) is 2.42. The van der Waals surface area contributed by atoms with Crippen LogP contribution in [0, 0.1) is 12.7 Å². The Hall–Kier alpha value is -1.62. The molecule has 0 fully saturated rings. The van der Waals surface area contributed by atoms with Gasteiger partial charge >= 0.3 is 6.03 Å². The third-order valence-electron chi connectivity index (χ3n) is 3.36. The number of aryl methyl sites for hydroxylation is 1. The van der Waals surface area contributed by atoms with Crippen LogP contribution in [0.1, 0.15) is 26.3 Å². The van der Waals surface area contributed by atoms with Crippen LogP contribution in [-0.4, -0.2) is 36.6 Å². The molecule has 0 aliphatic rings. The van der Waals surface area contributed by atoms with E-state index >= 15 is 0 Å². The molecule has 5 heteroatoms. The number of nitrogens with zero attached hydrogens (tertiary/aromatic N) is 1. The third kappa shape index (κ3) is 4.81. The van der Waals surface area contributed by atoms with Gasteiger partial charge in [-0.2, -0.15) is 0 Å². The van der Waals surface area contributed by atoms with Crippen molar-refractivity contribution in [1.82, 2.24) is 10.2 Å². The van der Waals surface area contributed by atoms with Crippen LogP contribution in [0.3, 0.4) is 0 Å². The van der Waals surface area contributed by atoms with E-state index in [-0.39, 0.29) is 17.8 Å². The maximum Gasteiger partial charge on any atom is 0.319 e. The van der Waals surface area contributed by atoms with Crippen molar-refractivity contribution in [2.45, 2.75) is 33.7 Å². The van der Waals surface area contributed by atoms with E-state index in [0.29, 0.717) is 6.54 Å². The molecule has 1 aromatic rings. The summed E-state index contributed by atoms with van der Waals surface area (Å²) >= 11 is 0. The number of carbonyl (C=O) groups is 1. The Kier molecular flexibility index (Phi) is 6.45. The zero-order chi connectivity index (χ0) is 15.1. The molecule has 0 saturated carbocycles. The molecule has 0 saturated heterocycles. The maximum atomic E-state index is 13.5. The third-order valence-corrected chi connectivity index (χ3v) is 3.36. The molecule has 20 heavy (non-hydrogen) atoms. The predicted molar refractivity (Wildman–Crippen MR) is 80.5 cm³/mol. The Morgan fingerprint density at radius 1 is 1.35 bits per heavy atom. The van der Waals surface area contributed by atoms with E-state index in [1.165, 1.54) is 6.07 Å². The van der Waals surface area contributed by atoms with Gasteiger partial charge in [0.25, 0.3) is 0 Å². The first kappa shape index (κ1) is 16.4. The second-order valence-electron chi connectivity index (χ2n) is 4.89. The number of urea groups is 1. The highest BCUT2D eigenvalue weighted by Gasteiger charge is 2.12. The van der Waals surface area contributed by atoms with E-state index in [4.69, 9.17) is 0 Å². The fourth-order valence-corrected chi connectivity index (χ4v) is 2.12. The van der Waals surface area contributed by atoms with Crippen LogP contribution in [0.2, 0.25) is 0 Å². The van der Waals surface area contributed by atoms with Crippen LogP contribution in [0.4, 0.5) is 14.9 Å². The molecule has 0 aliphatic carbocycles. The molecular weight excluding hydrogens is 257 g/mol. The first-order valence-electron chi connectivity index (χ1n) is 7.03. The van der Waals surface area contributed by atoms with Gasteiger partial charge in [0.1, 0.15) is 5.82 Å². The van der Waals surface area contributed by atoms with Gasteiger partial charge in [0.05, 0.1) is 5.69 Å². The minimum absolute atomic E-state index is 0.206. The number of hydrogen-bond donors (Lipinski definition) is 2. The van der Waals surface area contributed by atoms with Gasteiger partial charge in [-0.3, -0.25) is 4.90 Å². The van der Waals surface area contributed by atoms with Crippen molar-refractivity contribution in [2.75, 3.05) is 25.0 Å². The lowest BCUT2D eigenvalue weighted by molar-refractivity contribution is 0.219.